The molecule has 0 amide bonds. The minimum absolute atomic E-state index is 1.33. The van der Waals surface area contributed by atoms with E-state index in [1.54, 1.807) is 0 Å². The second-order valence-corrected chi connectivity index (χ2v) is 10.6. The van der Waals surface area contributed by atoms with Gasteiger partial charge in [0.2, 0.25) is 0 Å². The van der Waals surface area contributed by atoms with Gasteiger partial charge in [0.1, 0.15) is 0 Å². The summed E-state index contributed by atoms with van der Waals surface area (Å²) in [6.07, 6.45) is 0. The van der Waals surface area contributed by atoms with E-state index in [-0.39, 0.29) is 0 Å². The van der Waals surface area contributed by atoms with Gasteiger partial charge in [-0.1, -0.05) is 24.3 Å². The maximum absolute atomic E-state index is 2.40. The Bertz CT molecular complexity index is 1490. The highest BCUT2D eigenvalue weighted by Gasteiger charge is 2.12. The molecule has 3 aromatic carbocycles. The lowest BCUT2D eigenvalue weighted by molar-refractivity contribution is 1.52. The first kappa shape index (κ1) is 15.8. The number of hydrogen-bond acceptors (Lipinski definition) is 3. The molecule has 0 nitrogen and oxygen atoms in total. The fourth-order valence-corrected chi connectivity index (χ4v) is 7.15. The molecule has 0 aliphatic carbocycles. The molecule has 0 unspecified atom stereocenters. The van der Waals surface area contributed by atoms with E-state index < -0.39 is 0 Å². The molecule has 130 valence electrons. The summed E-state index contributed by atoms with van der Waals surface area (Å²) >= 11 is 5.70. The first-order valence-electron chi connectivity index (χ1n) is 9.02. The van der Waals surface area contributed by atoms with E-state index in [1.807, 2.05) is 34.0 Å². The van der Waals surface area contributed by atoms with Crippen molar-refractivity contribution in [3.05, 3.63) is 71.1 Å². The van der Waals surface area contributed by atoms with Gasteiger partial charge in [0.05, 0.1) is 0 Å². The van der Waals surface area contributed by atoms with E-state index in [9.17, 15) is 0 Å². The summed E-state index contributed by atoms with van der Waals surface area (Å²) in [7, 11) is 0. The molecule has 0 aliphatic heterocycles. The lowest BCUT2D eigenvalue weighted by atomic mass is 10.1. The molecule has 0 fully saturated rings. The predicted octanol–water partition coefficient (Wildman–Crippen LogP) is 8.77. The van der Waals surface area contributed by atoms with E-state index in [0.29, 0.717) is 0 Å². The number of rotatable bonds is 1. The van der Waals surface area contributed by atoms with E-state index in [2.05, 4.69) is 74.5 Å². The molecule has 0 radical (unpaired) electrons. The van der Waals surface area contributed by atoms with Gasteiger partial charge in [0.25, 0.3) is 0 Å². The summed E-state index contributed by atoms with van der Waals surface area (Å²) in [5.41, 5.74) is 2.66. The molecule has 0 saturated heterocycles. The second kappa shape index (κ2) is 5.65. The van der Waals surface area contributed by atoms with Crippen LogP contribution in [0.5, 0.6) is 0 Å². The van der Waals surface area contributed by atoms with Crippen molar-refractivity contribution in [1.29, 1.82) is 0 Å². The van der Waals surface area contributed by atoms with Gasteiger partial charge in [0, 0.05) is 50.1 Å². The Morgan fingerprint density at radius 2 is 1.15 bits per heavy atom. The van der Waals surface area contributed by atoms with Gasteiger partial charge in [0.15, 0.2) is 0 Å². The van der Waals surface area contributed by atoms with Crippen LogP contribution in [0.1, 0.15) is 10.4 Å². The maximum atomic E-state index is 2.40. The van der Waals surface area contributed by atoms with E-state index in [4.69, 9.17) is 0 Å². The van der Waals surface area contributed by atoms with Gasteiger partial charge in [-0.3, -0.25) is 0 Å². The zero-order valence-corrected chi connectivity index (χ0v) is 17.4. The number of aryl methyl sites for hydroxylation is 2. The van der Waals surface area contributed by atoms with Crippen LogP contribution in [-0.4, -0.2) is 0 Å². The lowest BCUT2D eigenvalue weighted by Gasteiger charge is -1.98. The Morgan fingerprint density at radius 1 is 0.519 bits per heavy atom. The Morgan fingerprint density at radius 3 is 1.81 bits per heavy atom. The third kappa shape index (κ3) is 2.39. The molecule has 0 aliphatic rings. The summed E-state index contributed by atoms with van der Waals surface area (Å²) in [4.78, 5) is 2.72. The van der Waals surface area contributed by atoms with E-state index in [0.717, 1.165) is 0 Å². The minimum Gasteiger partial charge on any atom is -0.141 e. The van der Waals surface area contributed by atoms with Crippen molar-refractivity contribution in [2.45, 2.75) is 13.8 Å². The molecule has 6 aromatic rings. The SMILES string of the molecule is Cc1ccc2c(c1)sc1cc3c(cc12)sc1cc(-c2ccc(C)s2)ccc13. The summed E-state index contributed by atoms with van der Waals surface area (Å²) in [6, 6.07) is 23.0. The monoisotopic (exact) mass is 400 g/mol. The van der Waals surface area contributed by atoms with Gasteiger partial charge in [-0.15, -0.1) is 34.0 Å². The normalized spacial score (nSPS) is 12.1. The molecule has 27 heavy (non-hydrogen) atoms. The van der Waals surface area contributed by atoms with Crippen LogP contribution >= 0.6 is 34.0 Å². The molecule has 6 rings (SSSR count). The number of benzene rings is 3. The van der Waals surface area contributed by atoms with Crippen LogP contribution in [0.2, 0.25) is 0 Å². The van der Waals surface area contributed by atoms with Gasteiger partial charge >= 0.3 is 0 Å². The first-order valence-corrected chi connectivity index (χ1v) is 11.5. The van der Waals surface area contributed by atoms with Crippen LogP contribution < -0.4 is 0 Å². The number of thiophene rings is 3. The zero-order chi connectivity index (χ0) is 18.1. The fourth-order valence-electron chi connectivity index (χ4n) is 3.90. The van der Waals surface area contributed by atoms with Crippen LogP contribution in [0.4, 0.5) is 0 Å². The van der Waals surface area contributed by atoms with Crippen molar-refractivity contribution in [2.75, 3.05) is 0 Å². The number of hydrogen-bond donors (Lipinski definition) is 0. The molecule has 0 bridgehead atoms. The molecular weight excluding hydrogens is 384 g/mol. The van der Waals surface area contributed by atoms with E-state index >= 15 is 0 Å². The molecular formula is C24H16S3. The largest absolute Gasteiger partial charge is 0.141 e. The van der Waals surface area contributed by atoms with E-state index in [1.165, 1.54) is 61.2 Å². The van der Waals surface area contributed by atoms with Crippen LogP contribution in [0.3, 0.4) is 0 Å². The molecule has 3 heteroatoms. The predicted molar refractivity (Wildman–Crippen MR) is 125 cm³/mol. The van der Waals surface area contributed by atoms with Gasteiger partial charge < -0.3 is 0 Å². The Hall–Kier alpha value is -2.20. The minimum atomic E-state index is 1.33. The zero-order valence-electron chi connectivity index (χ0n) is 15.0. The molecule has 3 heterocycles. The highest BCUT2D eigenvalue weighted by atomic mass is 32.1. The average molecular weight is 401 g/mol. The third-order valence-electron chi connectivity index (χ3n) is 5.25. The summed E-state index contributed by atoms with van der Waals surface area (Å²) in [5.74, 6) is 0. The Kier molecular flexibility index (Phi) is 3.31. The van der Waals surface area contributed by atoms with Crippen molar-refractivity contribution in [1.82, 2.24) is 0 Å². The first-order chi connectivity index (χ1) is 13.2. The van der Waals surface area contributed by atoms with Crippen molar-refractivity contribution in [3.8, 4) is 10.4 Å². The van der Waals surface area contributed by atoms with Gasteiger partial charge in [-0.05, 0) is 61.4 Å². The molecule has 0 atom stereocenters. The molecule has 0 spiro atoms. The highest BCUT2D eigenvalue weighted by Crippen LogP contribution is 2.43. The second-order valence-electron chi connectivity index (χ2n) is 7.17. The standard InChI is InChI=1S/C24H16S3/c1-13-3-6-16-18-11-24-19(12-23(18)26-21(16)9-13)17-7-5-15(10-22(17)27-24)20-8-4-14(2)25-20/h3-12H,1-2H3. The maximum Gasteiger partial charge on any atom is 0.0362 e. The topological polar surface area (TPSA) is 0 Å². The number of fused-ring (bicyclic) bond motifs is 6. The van der Waals surface area contributed by atoms with Crippen LogP contribution in [0.15, 0.2) is 60.7 Å². The Labute approximate surface area is 169 Å². The summed E-state index contributed by atoms with van der Waals surface area (Å²) < 4.78 is 5.55. The van der Waals surface area contributed by atoms with Crippen molar-refractivity contribution < 1.29 is 0 Å². The van der Waals surface area contributed by atoms with Gasteiger partial charge in [-0.2, -0.15) is 0 Å². The average Bonchev–Trinajstić information content (AvgIpc) is 3.33. The molecule has 3 aromatic heterocycles. The van der Waals surface area contributed by atoms with Crippen LogP contribution in [0, 0.1) is 13.8 Å². The molecule has 0 saturated carbocycles. The lowest BCUT2D eigenvalue weighted by Crippen LogP contribution is -1.72. The Balaban J connectivity index is 1.63. The smallest absolute Gasteiger partial charge is 0.0362 e. The summed E-state index contributed by atoms with van der Waals surface area (Å²) in [6.45, 7) is 4.34. The van der Waals surface area contributed by atoms with Crippen LogP contribution in [-0.2, 0) is 0 Å². The summed E-state index contributed by atoms with van der Waals surface area (Å²) in [5, 5.41) is 5.54. The van der Waals surface area contributed by atoms with Crippen molar-refractivity contribution in [2.24, 2.45) is 0 Å². The van der Waals surface area contributed by atoms with Crippen molar-refractivity contribution >= 4 is 74.4 Å². The highest BCUT2D eigenvalue weighted by molar-refractivity contribution is 7.27. The quantitative estimate of drug-likeness (QED) is 0.259. The van der Waals surface area contributed by atoms with Crippen molar-refractivity contribution in [3.63, 3.8) is 0 Å². The van der Waals surface area contributed by atoms with Crippen LogP contribution in [0.25, 0.3) is 50.8 Å². The third-order valence-corrected chi connectivity index (χ3v) is 8.53. The fraction of sp³-hybridized carbons (Fsp3) is 0.0833. The molecule has 0 N–H and O–H groups in total. The van der Waals surface area contributed by atoms with Gasteiger partial charge in [-0.25, -0.2) is 0 Å².